The normalized spacial score (nSPS) is 16.1. The first-order chi connectivity index (χ1) is 10.7. The highest BCUT2D eigenvalue weighted by molar-refractivity contribution is 7.89. The summed E-state index contributed by atoms with van der Waals surface area (Å²) in [6.45, 7) is 3.36. The van der Waals surface area contributed by atoms with Gasteiger partial charge in [0.05, 0.1) is 4.90 Å². The predicted octanol–water partition coefficient (Wildman–Crippen LogP) is 0.966. The van der Waals surface area contributed by atoms with E-state index < -0.39 is 27.9 Å². The number of rotatable bonds is 7. The fourth-order valence-corrected chi connectivity index (χ4v) is 3.38. The molecule has 1 atom stereocenters. The van der Waals surface area contributed by atoms with Crippen LogP contribution in [0.4, 0.5) is 0 Å². The molecule has 1 aliphatic rings. The van der Waals surface area contributed by atoms with Crippen LogP contribution < -0.4 is 10.0 Å². The quantitative estimate of drug-likeness (QED) is 0.684. The van der Waals surface area contributed by atoms with Gasteiger partial charge in [-0.3, -0.25) is 4.79 Å². The summed E-state index contributed by atoms with van der Waals surface area (Å²) >= 11 is 0. The lowest BCUT2D eigenvalue weighted by molar-refractivity contribution is -0.140. The molecule has 3 N–H and O–H groups in total. The average molecular weight is 340 g/mol. The number of hydrogen-bond acceptors (Lipinski definition) is 4. The van der Waals surface area contributed by atoms with Gasteiger partial charge in [-0.15, -0.1) is 0 Å². The van der Waals surface area contributed by atoms with Crippen LogP contribution in [0.5, 0.6) is 0 Å². The average Bonchev–Trinajstić information content (AvgIpc) is 3.27. The van der Waals surface area contributed by atoms with Crippen LogP contribution in [0.25, 0.3) is 0 Å². The van der Waals surface area contributed by atoms with Crippen molar-refractivity contribution in [3.63, 3.8) is 0 Å². The first-order valence-electron chi connectivity index (χ1n) is 7.37. The second-order valence-corrected chi connectivity index (χ2v) is 7.67. The van der Waals surface area contributed by atoms with Crippen molar-refractivity contribution in [1.29, 1.82) is 0 Å². The van der Waals surface area contributed by atoms with E-state index in [0.29, 0.717) is 0 Å². The number of benzene rings is 1. The molecule has 1 saturated carbocycles. The molecule has 0 aromatic heterocycles. The topological polar surface area (TPSA) is 113 Å². The minimum Gasteiger partial charge on any atom is -0.480 e. The van der Waals surface area contributed by atoms with Gasteiger partial charge < -0.3 is 10.4 Å². The Hall–Kier alpha value is -1.93. The van der Waals surface area contributed by atoms with Crippen LogP contribution in [0.15, 0.2) is 29.2 Å². The summed E-state index contributed by atoms with van der Waals surface area (Å²) in [6, 6.07) is 4.49. The second kappa shape index (κ2) is 6.67. The summed E-state index contributed by atoms with van der Waals surface area (Å²) in [4.78, 5) is 23.3. The molecule has 1 aliphatic carbocycles. The van der Waals surface area contributed by atoms with E-state index in [1.165, 1.54) is 24.3 Å². The van der Waals surface area contributed by atoms with Gasteiger partial charge in [0.15, 0.2) is 0 Å². The molecule has 7 nitrogen and oxygen atoms in total. The molecule has 1 amide bonds. The summed E-state index contributed by atoms with van der Waals surface area (Å²) < 4.78 is 26.9. The molecule has 8 heteroatoms. The Morgan fingerprint density at radius 3 is 2.43 bits per heavy atom. The van der Waals surface area contributed by atoms with E-state index in [2.05, 4.69) is 10.0 Å². The fraction of sp³-hybridized carbons (Fsp3) is 0.467. The monoisotopic (exact) mass is 340 g/mol. The lowest BCUT2D eigenvalue weighted by Crippen LogP contribution is -2.44. The van der Waals surface area contributed by atoms with Crippen LogP contribution in [0.2, 0.25) is 0 Å². The minimum absolute atomic E-state index is 0.00604. The maximum Gasteiger partial charge on any atom is 0.326 e. The molecule has 1 unspecified atom stereocenters. The number of amides is 1. The number of carboxylic acid groups (broad SMARTS) is 1. The number of carbonyl (C=O) groups is 2. The molecule has 0 heterocycles. The van der Waals surface area contributed by atoms with E-state index in [9.17, 15) is 18.0 Å². The van der Waals surface area contributed by atoms with Crippen molar-refractivity contribution in [2.75, 3.05) is 0 Å². The summed E-state index contributed by atoms with van der Waals surface area (Å²) in [5.41, 5.74) is 0.107. The molecule has 1 aromatic rings. The molecular formula is C15H20N2O5S. The number of aliphatic carboxylic acids is 1. The van der Waals surface area contributed by atoms with Gasteiger partial charge in [-0.1, -0.05) is 19.9 Å². The minimum atomic E-state index is -3.66. The van der Waals surface area contributed by atoms with Crippen LogP contribution in [0.3, 0.4) is 0 Å². The van der Waals surface area contributed by atoms with Gasteiger partial charge in [0.25, 0.3) is 5.91 Å². The van der Waals surface area contributed by atoms with Gasteiger partial charge in [-0.25, -0.2) is 17.9 Å². The number of sulfonamides is 1. The highest BCUT2D eigenvalue weighted by atomic mass is 32.2. The largest absolute Gasteiger partial charge is 0.480 e. The van der Waals surface area contributed by atoms with Gasteiger partial charge in [-0.05, 0) is 37.0 Å². The fourth-order valence-electron chi connectivity index (χ4n) is 2.03. The third-order valence-electron chi connectivity index (χ3n) is 3.53. The van der Waals surface area contributed by atoms with Crippen molar-refractivity contribution < 1.29 is 23.1 Å². The van der Waals surface area contributed by atoms with Crippen LogP contribution in [-0.4, -0.2) is 37.5 Å². The van der Waals surface area contributed by atoms with E-state index in [1.807, 2.05) is 0 Å². The molecule has 126 valence electrons. The van der Waals surface area contributed by atoms with Crippen LogP contribution in [0, 0.1) is 5.92 Å². The lowest BCUT2D eigenvalue weighted by atomic mass is 10.0. The Balaban J connectivity index is 2.18. The van der Waals surface area contributed by atoms with E-state index in [4.69, 9.17) is 5.11 Å². The van der Waals surface area contributed by atoms with Crippen molar-refractivity contribution in [2.24, 2.45) is 5.92 Å². The van der Waals surface area contributed by atoms with E-state index in [-0.39, 0.29) is 22.4 Å². The molecular weight excluding hydrogens is 320 g/mol. The van der Waals surface area contributed by atoms with Crippen LogP contribution in [0.1, 0.15) is 37.0 Å². The first kappa shape index (κ1) is 17.4. The lowest BCUT2D eigenvalue weighted by Gasteiger charge is -2.18. The zero-order chi connectivity index (χ0) is 17.2. The van der Waals surface area contributed by atoms with Crippen molar-refractivity contribution in [2.45, 2.75) is 43.7 Å². The Morgan fingerprint density at radius 1 is 1.26 bits per heavy atom. The van der Waals surface area contributed by atoms with Gasteiger partial charge in [0, 0.05) is 11.6 Å². The maximum absolute atomic E-state index is 12.2. The maximum atomic E-state index is 12.2. The van der Waals surface area contributed by atoms with Gasteiger partial charge in [0.2, 0.25) is 10.0 Å². The highest BCUT2D eigenvalue weighted by Crippen LogP contribution is 2.22. The van der Waals surface area contributed by atoms with Gasteiger partial charge in [-0.2, -0.15) is 0 Å². The van der Waals surface area contributed by atoms with E-state index in [1.54, 1.807) is 13.8 Å². The van der Waals surface area contributed by atoms with Gasteiger partial charge in [0.1, 0.15) is 6.04 Å². The molecule has 2 rings (SSSR count). The number of carbonyl (C=O) groups excluding carboxylic acids is 1. The van der Waals surface area contributed by atoms with Crippen molar-refractivity contribution in [1.82, 2.24) is 10.0 Å². The second-order valence-electron chi connectivity index (χ2n) is 5.96. The summed E-state index contributed by atoms with van der Waals surface area (Å²) in [6.07, 6.45) is 1.63. The number of carboxylic acids is 1. The highest BCUT2D eigenvalue weighted by Gasteiger charge is 2.29. The smallest absolute Gasteiger partial charge is 0.326 e. The Morgan fingerprint density at radius 2 is 1.91 bits per heavy atom. The van der Waals surface area contributed by atoms with Crippen molar-refractivity contribution in [3.05, 3.63) is 29.8 Å². The summed E-state index contributed by atoms with van der Waals surface area (Å²) in [5.74, 6) is -2.04. The molecule has 1 aromatic carbocycles. The van der Waals surface area contributed by atoms with Crippen LogP contribution >= 0.6 is 0 Å². The standard InChI is InChI=1S/C15H20N2O5S/c1-9(2)13(15(19)20)16-14(18)10-4-3-5-12(8-10)23(21,22)17-11-6-7-11/h3-5,8-9,11,13,17H,6-7H2,1-2H3,(H,16,18)(H,19,20). The number of nitrogens with one attached hydrogen (secondary N) is 2. The molecule has 0 saturated heterocycles. The van der Waals surface area contributed by atoms with E-state index in [0.717, 1.165) is 12.8 Å². The third-order valence-corrected chi connectivity index (χ3v) is 5.04. The van der Waals surface area contributed by atoms with Crippen molar-refractivity contribution in [3.8, 4) is 0 Å². The molecule has 0 bridgehead atoms. The third kappa shape index (κ3) is 4.52. The Bertz CT molecular complexity index is 710. The SMILES string of the molecule is CC(C)C(NC(=O)c1cccc(S(=O)(=O)NC2CC2)c1)C(=O)O. The van der Waals surface area contributed by atoms with Crippen molar-refractivity contribution >= 4 is 21.9 Å². The zero-order valence-corrected chi connectivity index (χ0v) is 13.8. The number of hydrogen-bond donors (Lipinski definition) is 3. The van der Waals surface area contributed by atoms with Crippen LogP contribution in [-0.2, 0) is 14.8 Å². The molecule has 0 aliphatic heterocycles. The van der Waals surface area contributed by atoms with E-state index >= 15 is 0 Å². The molecule has 0 radical (unpaired) electrons. The zero-order valence-electron chi connectivity index (χ0n) is 12.9. The summed E-state index contributed by atoms with van der Waals surface area (Å²) in [5, 5.41) is 11.5. The first-order valence-corrected chi connectivity index (χ1v) is 8.85. The Kier molecular flexibility index (Phi) is 5.06. The summed E-state index contributed by atoms with van der Waals surface area (Å²) in [7, 11) is -3.66. The Labute approximate surface area is 135 Å². The van der Waals surface area contributed by atoms with Gasteiger partial charge >= 0.3 is 5.97 Å². The molecule has 0 spiro atoms. The predicted molar refractivity (Wildman–Crippen MR) is 83.5 cm³/mol. The molecule has 23 heavy (non-hydrogen) atoms. The molecule has 1 fully saturated rings.